The molecule has 2 rings (SSSR count). The maximum atomic E-state index is 13.7. The Hall–Kier alpha value is -1.39. The monoisotopic (exact) mass is 309 g/mol. The fourth-order valence-corrected chi connectivity index (χ4v) is 2.72. The molecular weight excluding hydrogens is 289 g/mol. The molecule has 5 heteroatoms. The Kier molecular flexibility index (Phi) is 5.01. The molecule has 0 aliphatic rings. The summed E-state index contributed by atoms with van der Waals surface area (Å²) in [5.41, 5.74) is 9.42. The lowest BCUT2D eigenvalue weighted by atomic mass is 10.0. The summed E-state index contributed by atoms with van der Waals surface area (Å²) in [6.07, 6.45) is 1.33. The third kappa shape index (κ3) is 3.27. The molecule has 1 unspecified atom stereocenters. The molecule has 3 nitrogen and oxygen atoms in total. The van der Waals surface area contributed by atoms with E-state index in [1.807, 2.05) is 24.6 Å². The molecule has 2 aromatic rings. The van der Waals surface area contributed by atoms with Gasteiger partial charge in [-0.25, -0.2) is 4.39 Å². The van der Waals surface area contributed by atoms with Gasteiger partial charge in [-0.2, -0.15) is 5.10 Å². The highest BCUT2D eigenvalue weighted by atomic mass is 35.5. The van der Waals surface area contributed by atoms with Crippen LogP contribution in [0.3, 0.4) is 0 Å². The Bertz CT molecular complexity index is 637. The number of rotatable bonds is 5. The molecule has 114 valence electrons. The number of nitrogens with two attached hydrogens (primary N) is 1. The van der Waals surface area contributed by atoms with Crippen molar-refractivity contribution >= 4 is 11.6 Å². The van der Waals surface area contributed by atoms with Crippen LogP contribution in [0, 0.1) is 12.7 Å². The molecular formula is C16H21ClFN3. The molecule has 0 saturated carbocycles. The quantitative estimate of drug-likeness (QED) is 0.912. The van der Waals surface area contributed by atoms with Gasteiger partial charge in [-0.3, -0.25) is 4.68 Å². The van der Waals surface area contributed by atoms with E-state index in [0.717, 1.165) is 29.9 Å². The number of hydrogen-bond acceptors (Lipinski definition) is 2. The van der Waals surface area contributed by atoms with E-state index in [0.29, 0.717) is 17.0 Å². The molecule has 1 heterocycles. The predicted molar refractivity (Wildman–Crippen MR) is 84.1 cm³/mol. The molecule has 0 aliphatic heterocycles. The van der Waals surface area contributed by atoms with Crippen molar-refractivity contribution in [3.63, 3.8) is 0 Å². The summed E-state index contributed by atoms with van der Waals surface area (Å²) in [5.74, 6) is -0.229. The van der Waals surface area contributed by atoms with Crippen LogP contribution in [0.1, 0.15) is 42.4 Å². The van der Waals surface area contributed by atoms with Crippen molar-refractivity contribution in [2.24, 2.45) is 5.73 Å². The summed E-state index contributed by atoms with van der Waals surface area (Å²) < 4.78 is 15.5. The van der Waals surface area contributed by atoms with Gasteiger partial charge in [0.25, 0.3) is 0 Å². The Labute approximate surface area is 129 Å². The summed E-state index contributed by atoms with van der Waals surface area (Å²) in [6, 6.07) is 4.82. The molecule has 21 heavy (non-hydrogen) atoms. The second kappa shape index (κ2) is 6.58. The molecule has 0 spiro atoms. The van der Waals surface area contributed by atoms with Gasteiger partial charge in [-0.05, 0) is 37.5 Å². The Morgan fingerprint density at radius 2 is 2.10 bits per heavy atom. The van der Waals surface area contributed by atoms with Crippen molar-refractivity contribution in [3.05, 3.63) is 51.6 Å². The highest BCUT2D eigenvalue weighted by molar-refractivity contribution is 6.31. The standard InChI is InChI=1S/C16H21ClFN3/c1-4-14-16(17)15(21(5-2)20-14)9-13(19)11-7-6-10(3)12(18)8-11/h6-8,13H,4-5,9,19H2,1-3H3. The van der Waals surface area contributed by atoms with Gasteiger partial charge in [0, 0.05) is 19.0 Å². The van der Waals surface area contributed by atoms with E-state index in [1.54, 1.807) is 13.0 Å². The molecule has 0 amide bonds. The fraction of sp³-hybridized carbons (Fsp3) is 0.438. The minimum atomic E-state index is -0.302. The first-order valence-electron chi connectivity index (χ1n) is 7.23. The first-order chi connectivity index (χ1) is 9.97. The van der Waals surface area contributed by atoms with E-state index in [4.69, 9.17) is 17.3 Å². The van der Waals surface area contributed by atoms with E-state index >= 15 is 0 Å². The zero-order valence-electron chi connectivity index (χ0n) is 12.7. The van der Waals surface area contributed by atoms with E-state index in [1.165, 1.54) is 6.07 Å². The van der Waals surface area contributed by atoms with Crippen molar-refractivity contribution in [1.82, 2.24) is 9.78 Å². The van der Waals surface area contributed by atoms with E-state index in [-0.39, 0.29) is 11.9 Å². The van der Waals surface area contributed by atoms with Gasteiger partial charge in [0.05, 0.1) is 16.4 Å². The molecule has 2 N–H and O–H groups in total. The lowest BCUT2D eigenvalue weighted by molar-refractivity contribution is 0.579. The van der Waals surface area contributed by atoms with Crippen LogP contribution in [-0.4, -0.2) is 9.78 Å². The van der Waals surface area contributed by atoms with Crippen LogP contribution in [0.5, 0.6) is 0 Å². The number of aryl methyl sites for hydroxylation is 3. The molecule has 0 saturated heterocycles. The predicted octanol–water partition coefficient (Wildman–Crippen LogP) is 3.81. The molecule has 1 aromatic heterocycles. The molecule has 0 fully saturated rings. The van der Waals surface area contributed by atoms with Gasteiger partial charge in [-0.1, -0.05) is 30.7 Å². The lowest BCUT2D eigenvalue weighted by Gasteiger charge is -2.14. The number of aromatic nitrogens is 2. The summed E-state index contributed by atoms with van der Waals surface area (Å²) >= 11 is 6.38. The van der Waals surface area contributed by atoms with Crippen LogP contribution in [-0.2, 0) is 19.4 Å². The molecule has 1 atom stereocenters. The SMILES string of the molecule is CCc1nn(CC)c(CC(N)c2ccc(C)c(F)c2)c1Cl. The Morgan fingerprint density at radius 3 is 2.67 bits per heavy atom. The van der Waals surface area contributed by atoms with Crippen LogP contribution in [0.25, 0.3) is 0 Å². The van der Waals surface area contributed by atoms with E-state index in [9.17, 15) is 4.39 Å². The average molecular weight is 310 g/mol. The molecule has 0 bridgehead atoms. The van der Waals surface area contributed by atoms with Crippen molar-refractivity contribution in [2.45, 2.75) is 46.2 Å². The maximum Gasteiger partial charge on any atom is 0.126 e. The van der Waals surface area contributed by atoms with Crippen LogP contribution in [0.4, 0.5) is 4.39 Å². The normalized spacial score (nSPS) is 12.7. The zero-order chi connectivity index (χ0) is 15.6. The second-order valence-corrected chi connectivity index (χ2v) is 5.57. The topological polar surface area (TPSA) is 43.8 Å². The van der Waals surface area contributed by atoms with Crippen LogP contribution < -0.4 is 5.73 Å². The van der Waals surface area contributed by atoms with E-state index < -0.39 is 0 Å². The van der Waals surface area contributed by atoms with Crippen LogP contribution >= 0.6 is 11.6 Å². The van der Waals surface area contributed by atoms with Crippen molar-refractivity contribution in [2.75, 3.05) is 0 Å². The van der Waals surface area contributed by atoms with Crippen molar-refractivity contribution in [1.29, 1.82) is 0 Å². The third-order valence-corrected chi connectivity index (χ3v) is 4.17. The first-order valence-corrected chi connectivity index (χ1v) is 7.61. The highest BCUT2D eigenvalue weighted by Crippen LogP contribution is 2.26. The number of hydrogen-bond donors (Lipinski definition) is 1. The maximum absolute atomic E-state index is 13.7. The van der Waals surface area contributed by atoms with Gasteiger partial charge >= 0.3 is 0 Å². The largest absolute Gasteiger partial charge is 0.324 e. The Morgan fingerprint density at radius 1 is 1.38 bits per heavy atom. The summed E-state index contributed by atoms with van der Waals surface area (Å²) in [4.78, 5) is 0. The van der Waals surface area contributed by atoms with Gasteiger partial charge in [0.1, 0.15) is 5.82 Å². The van der Waals surface area contributed by atoms with Crippen molar-refractivity contribution < 1.29 is 4.39 Å². The van der Waals surface area contributed by atoms with Gasteiger partial charge in [0.15, 0.2) is 0 Å². The van der Waals surface area contributed by atoms with E-state index in [2.05, 4.69) is 5.10 Å². The first kappa shape index (κ1) is 16.0. The minimum Gasteiger partial charge on any atom is -0.324 e. The second-order valence-electron chi connectivity index (χ2n) is 5.20. The lowest BCUT2D eigenvalue weighted by Crippen LogP contribution is -2.16. The summed E-state index contributed by atoms with van der Waals surface area (Å²) in [6.45, 7) is 6.52. The third-order valence-electron chi connectivity index (χ3n) is 3.73. The minimum absolute atomic E-state index is 0.229. The van der Waals surface area contributed by atoms with Gasteiger partial charge in [-0.15, -0.1) is 0 Å². The molecule has 0 aliphatic carbocycles. The zero-order valence-corrected chi connectivity index (χ0v) is 13.4. The Balaban J connectivity index is 2.28. The molecule has 1 aromatic carbocycles. The summed E-state index contributed by atoms with van der Waals surface area (Å²) in [7, 11) is 0. The summed E-state index contributed by atoms with van der Waals surface area (Å²) in [5, 5.41) is 5.16. The van der Waals surface area contributed by atoms with Crippen LogP contribution in [0.2, 0.25) is 5.02 Å². The van der Waals surface area contributed by atoms with Crippen LogP contribution in [0.15, 0.2) is 18.2 Å². The number of halogens is 2. The fourth-order valence-electron chi connectivity index (χ4n) is 2.38. The van der Waals surface area contributed by atoms with Crippen molar-refractivity contribution in [3.8, 4) is 0 Å². The average Bonchev–Trinajstić information content (AvgIpc) is 2.78. The number of nitrogens with zero attached hydrogens (tertiary/aromatic N) is 2. The molecule has 0 radical (unpaired) electrons. The number of benzene rings is 1. The smallest absolute Gasteiger partial charge is 0.126 e. The van der Waals surface area contributed by atoms with Gasteiger partial charge in [0.2, 0.25) is 0 Å². The highest BCUT2D eigenvalue weighted by Gasteiger charge is 2.18. The van der Waals surface area contributed by atoms with Gasteiger partial charge < -0.3 is 5.73 Å².